The molecule has 8 nitrogen and oxygen atoms in total. The van der Waals surface area contributed by atoms with Crippen LogP contribution in [0.5, 0.6) is 0 Å². The molecule has 2 N–H and O–H groups in total. The van der Waals surface area contributed by atoms with Gasteiger partial charge in [-0.05, 0) is 32.4 Å². The minimum atomic E-state index is -1.81. The zero-order chi connectivity index (χ0) is 21.2. The van der Waals surface area contributed by atoms with Gasteiger partial charge in [-0.15, -0.1) is 0 Å². The highest BCUT2D eigenvalue weighted by Gasteiger charge is 2.63. The predicted molar refractivity (Wildman–Crippen MR) is 95.3 cm³/mol. The minimum Gasteiger partial charge on any atom is -0.372 e. The van der Waals surface area contributed by atoms with Crippen LogP contribution in [0.1, 0.15) is 36.7 Å². The normalized spacial score (nSPS) is 27.8. The van der Waals surface area contributed by atoms with Gasteiger partial charge >= 0.3 is 6.03 Å². The number of halogens is 2. The summed E-state index contributed by atoms with van der Waals surface area (Å²) >= 11 is 0. The number of ketones is 1. The SMILES string of the molecule is CC(=O)c1cc2c(c(F)c1F)N1C[C@@H](C)O[C@@H](C)[C@@H]1C1(C2)C(=O)NC(=O)NC1=O. The van der Waals surface area contributed by atoms with Gasteiger partial charge in [-0.2, -0.15) is 0 Å². The molecule has 1 aromatic carbocycles. The third-order valence-electron chi connectivity index (χ3n) is 5.85. The molecule has 3 aliphatic heterocycles. The highest BCUT2D eigenvalue weighted by atomic mass is 19.2. The number of ether oxygens (including phenoxy) is 1. The lowest BCUT2D eigenvalue weighted by atomic mass is 9.66. The lowest BCUT2D eigenvalue weighted by Gasteiger charge is -2.55. The first-order valence-electron chi connectivity index (χ1n) is 9.18. The number of morpholine rings is 1. The number of Topliss-reactive ketones (excluding diaryl/α,β-unsaturated/α-hetero) is 1. The van der Waals surface area contributed by atoms with Crippen LogP contribution in [0.15, 0.2) is 6.07 Å². The van der Waals surface area contributed by atoms with E-state index in [4.69, 9.17) is 4.74 Å². The highest BCUT2D eigenvalue weighted by Crippen LogP contribution is 2.48. The Bertz CT molecular complexity index is 959. The number of rotatable bonds is 1. The number of benzene rings is 1. The van der Waals surface area contributed by atoms with Gasteiger partial charge in [-0.3, -0.25) is 25.0 Å². The molecular formula is C19H19F2N3O5. The summed E-state index contributed by atoms with van der Waals surface area (Å²) in [5, 5.41) is 4.20. The lowest BCUT2D eigenvalue weighted by Crippen LogP contribution is -2.75. The highest BCUT2D eigenvalue weighted by molar-refractivity contribution is 6.20. The van der Waals surface area contributed by atoms with Crippen molar-refractivity contribution in [1.29, 1.82) is 0 Å². The predicted octanol–water partition coefficient (Wildman–Crippen LogP) is 1.06. The Morgan fingerprint density at radius 2 is 1.79 bits per heavy atom. The number of urea groups is 1. The Labute approximate surface area is 164 Å². The summed E-state index contributed by atoms with van der Waals surface area (Å²) in [6.45, 7) is 4.56. The number of carbonyl (C=O) groups is 4. The van der Waals surface area contributed by atoms with Crippen molar-refractivity contribution in [1.82, 2.24) is 10.6 Å². The van der Waals surface area contributed by atoms with Gasteiger partial charge in [-0.1, -0.05) is 0 Å². The smallest absolute Gasteiger partial charge is 0.328 e. The van der Waals surface area contributed by atoms with E-state index in [1.807, 2.05) is 0 Å². The Morgan fingerprint density at radius 1 is 1.17 bits per heavy atom. The van der Waals surface area contributed by atoms with E-state index in [0.29, 0.717) is 0 Å². The maximum atomic E-state index is 15.1. The van der Waals surface area contributed by atoms with E-state index in [-0.39, 0.29) is 24.2 Å². The van der Waals surface area contributed by atoms with Crippen molar-refractivity contribution < 1.29 is 32.7 Å². The third kappa shape index (κ3) is 2.58. The summed E-state index contributed by atoms with van der Waals surface area (Å²) in [5.74, 6) is -4.85. The molecule has 0 aliphatic carbocycles. The number of amides is 4. The second kappa shape index (κ2) is 6.31. The Morgan fingerprint density at radius 3 is 2.38 bits per heavy atom. The van der Waals surface area contributed by atoms with Crippen molar-refractivity contribution in [3.8, 4) is 0 Å². The van der Waals surface area contributed by atoms with E-state index in [9.17, 15) is 23.6 Å². The number of nitrogens with zero attached hydrogens (tertiary/aromatic N) is 1. The molecule has 29 heavy (non-hydrogen) atoms. The molecule has 4 amide bonds. The van der Waals surface area contributed by atoms with Crippen molar-refractivity contribution in [3.05, 3.63) is 28.8 Å². The standard InChI is InChI=1S/C19H19F2N3O5/c1-7-6-24-14-10(4-11(8(2)25)12(20)13(14)21)5-19(15(24)9(3)29-7)16(26)22-18(28)23-17(19)27/h4,7,9,15H,5-6H2,1-3H3,(H2,22,23,26,27,28)/t7-,9+,15-/m1/s1. The summed E-state index contributed by atoms with van der Waals surface area (Å²) in [4.78, 5) is 50.8. The van der Waals surface area contributed by atoms with Crippen LogP contribution in [0, 0.1) is 17.0 Å². The van der Waals surface area contributed by atoms with E-state index in [0.717, 1.165) is 6.92 Å². The maximum Gasteiger partial charge on any atom is 0.328 e. The summed E-state index contributed by atoms with van der Waals surface area (Å²) in [7, 11) is 0. The molecule has 4 rings (SSSR count). The fourth-order valence-electron chi connectivity index (χ4n) is 4.79. The van der Waals surface area contributed by atoms with Crippen LogP contribution < -0.4 is 15.5 Å². The molecule has 0 aromatic heterocycles. The number of carbonyl (C=O) groups excluding carboxylic acids is 4. The number of hydrogen-bond acceptors (Lipinski definition) is 6. The quantitative estimate of drug-likeness (QED) is 0.533. The first-order chi connectivity index (χ1) is 13.6. The van der Waals surface area contributed by atoms with Crippen LogP contribution in [0.4, 0.5) is 19.3 Å². The second-order valence-corrected chi connectivity index (χ2v) is 7.75. The zero-order valence-corrected chi connectivity index (χ0v) is 16.0. The average molecular weight is 407 g/mol. The van der Waals surface area contributed by atoms with Gasteiger partial charge in [-0.25, -0.2) is 13.6 Å². The van der Waals surface area contributed by atoms with E-state index >= 15 is 4.39 Å². The van der Waals surface area contributed by atoms with Gasteiger partial charge in [0.2, 0.25) is 11.8 Å². The molecule has 0 bridgehead atoms. The number of fused-ring (bicyclic) bond motifs is 4. The Kier molecular flexibility index (Phi) is 4.23. The van der Waals surface area contributed by atoms with Crippen LogP contribution in [0.25, 0.3) is 0 Å². The summed E-state index contributed by atoms with van der Waals surface area (Å²) in [5.41, 5.74) is -2.22. The first kappa shape index (κ1) is 19.4. The van der Waals surface area contributed by atoms with Gasteiger partial charge in [0.05, 0.1) is 29.5 Å². The Hall–Kier alpha value is -2.88. The maximum absolute atomic E-state index is 15.1. The molecule has 2 fully saturated rings. The number of nitrogens with one attached hydrogen (secondary N) is 2. The second-order valence-electron chi connectivity index (χ2n) is 7.75. The number of anilines is 1. The van der Waals surface area contributed by atoms with Crippen molar-refractivity contribution in [2.45, 2.75) is 45.4 Å². The van der Waals surface area contributed by atoms with Crippen molar-refractivity contribution >= 4 is 29.3 Å². The topological polar surface area (TPSA) is 105 Å². The first-order valence-corrected chi connectivity index (χ1v) is 9.18. The fraction of sp³-hybridized carbons (Fsp3) is 0.474. The van der Waals surface area contributed by atoms with Gasteiger partial charge in [0.25, 0.3) is 0 Å². The minimum absolute atomic E-state index is 0.0913. The molecule has 2 saturated heterocycles. The molecule has 3 atom stereocenters. The molecule has 154 valence electrons. The summed E-state index contributed by atoms with van der Waals surface area (Å²) in [6.07, 6.45) is -1.41. The van der Waals surface area contributed by atoms with E-state index in [2.05, 4.69) is 10.6 Å². The molecule has 0 saturated carbocycles. The van der Waals surface area contributed by atoms with Crippen molar-refractivity contribution in [3.63, 3.8) is 0 Å². The van der Waals surface area contributed by atoms with Crippen LogP contribution in [-0.2, 0) is 20.7 Å². The Balaban J connectivity index is 1.99. The van der Waals surface area contributed by atoms with Crippen LogP contribution in [-0.4, -0.2) is 48.4 Å². The largest absolute Gasteiger partial charge is 0.372 e. The molecule has 3 heterocycles. The van der Waals surface area contributed by atoms with Gasteiger partial charge in [0, 0.05) is 13.0 Å². The van der Waals surface area contributed by atoms with E-state index in [1.54, 1.807) is 13.8 Å². The molecule has 0 unspecified atom stereocenters. The van der Waals surface area contributed by atoms with Crippen LogP contribution in [0.3, 0.4) is 0 Å². The van der Waals surface area contributed by atoms with Crippen molar-refractivity contribution in [2.24, 2.45) is 5.41 Å². The summed E-state index contributed by atoms with van der Waals surface area (Å²) in [6, 6.07) is -0.748. The van der Waals surface area contributed by atoms with E-state index in [1.165, 1.54) is 11.0 Å². The van der Waals surface area contributed by atoms with Crippen molar-refractivity contribution in [2.75, 3.05) is 11.4 Å². The molecule has 3 aliphatic rings. The molecule has 0 radical (unpaired) electrons. The monoisotopic (exact) mass is 407 g/mol. The number of imide groups is 2. The molecule has 10 heteroatoms. The third-order valence-corrected chi connectivity index (χ3v) is 5.85. The average Bonchev–Trinajstić information content (AvgIpc) is 2.61. The molecular weight excluding hydrogens is 388 g/mol. The van der Waals surface area contributed by atoms with Gasteiger partial charge in [0.15, 0.2) is 22.8 Å². The van der Waals surface area contributed by atoms with Crippen LogP contribution >= 0.6 is 0 Å². The molecule has 1 spiro atoms. The molecule has 1 aromatic rings. The van der Waals surface area contributed by atoms with E-state index < -0.39 is 64.5 Å². The van der Waals surface area contributed by atoms with Crippen LogP contribution in [0.2, 0.25) is 0 Å². The lowest BCUT2D eigenvalue weighted by molar-refractivity contribution is -0.153. The van der Waals surface area contributed by atoms with Gasteiger partial charge < -0.3 is 9.64 Å². The number of barbiturate groups is 1. The summed E-state index contributed by atoms with van der Waals surface area (Å²) < 4.78 is 35.4. The van der Waals surface area contributed by atoms with Gasteiger partial charge in [0.1, 0.15) is 0 Å². The zero-order valence-electron chi connectivity index (χ0n) is 16.0. The number of hydrogen-bond donors (Lipinski definition) is 2. The fourth-order valence-corrected chi connectivity index (χ4v) is 4.79.